The number of aryl methyl sites for hydroxylation is 2. The minimum Gasteiger partial charge on any atom is -0.269 e. The first-order chi connectivity index (χ1) is 16.0. The molecule has 1 aromatic carbocycles. The number of fused-ring (bicyclic) bond motifs is 1. The van der Waals surface area contributed by atoms with Gasteiger partial charge in [0.25, 0.3) is 0 Å². The van der Waals surface area contributed by atoms with E-state index in [1.807, 2.05) is 20.0 Å². The molecule has 0 spiro atoms. The van der Waals surface area contributed by atoms with Gasteiger partial charge < -0.3 is 0 Å². The Hall–Kier alpha value is -2.93. The Morgan fingerprint density at radius 2 is 1.76 bits per heavy atom. The van der Waals surface area contributed by atoms with Gasteiger partial charge in [-0.2, -0.15) is 5.10 Å². The topological polar surface area (TPSA) is 69.4 Å². The largest absolute Gasteiger partial charge is 0.269 e. The van der Waals surface area contributed by atoms with E-state index >= 15 is 0 Å². The molecule has 0 amide bonds. The van der Waals surface area contributed by atoms with E-state index in [-0.39, 0.29) is 5.92 Å². The zero-order valence-electron chi connectivity index (χ0n) is 18.6. The molecule has 0 unspecified atom stereocenters. The first-order valence-electron chi connectivity index (χ1n) is 11.5. The van der Waals surface area contributed by atoms with Gasteiger partial charge in [-0.05, 0) is 75.6 Å². The summed E-state index contributed by atoms with van der Waals surface area (Å²) in [7, 11) is 0. The minimum atomic E-state index is -0.426. The number of rotatable bonds is 4. The summed E-state index contributed by atoms with van der Waals surface area (Å²) >= 11 is 6.00. The molecule has 8 heteroatoms. The molecule has 2 saturated carbocycles. The Balaban J connectivity index is 1.40. The second-order valence-electron chi connectivity index (χ2n) is 9.31. The monoisotopic (exact) mass is 462 g/mol. The van der Waals surface area contributed by atoms with Crippen molar-refractivity contribution < 1.29 is 4.39 Å². The van der Waals surface area contributed by atoms with Crippen LogP contribution in [0.4, 0.5) is 4.39 Å². The average molecular weight is 463 g/mol. The van der Waals surface area contributed by atoms with Crippen LogP contribution in [0.25, 0.3) is 22.4 Å². The molecule has 0 aliphatic heterocycles. The third-order valence-corrected chi connectivity index (χ3v) is 7.19. The van der Waals surface area contributed by atoms with Gasteiger partial charge in [0.2, 0.25) is 0 Å². The molecule has 3 heterocycles. The zero-order chi connectivity index (χ0) is 22.7. The molecule has 0 N–H and O–H groups in total. The van der Waals surface area contributed by atoms with Crippen LogP contribution < -0.4 is 0 Å². The van der Waals surface area contributed by atoms with Gasteiger partial charge in [-0.25, -0.2) is 24.3 Å². The predicted molar refractivity (Wildman–Crippen MR) is 125 cm³/mol. The molecular formula is C25H24ClFN6. The lowest BCUT2D eigenvalue weighted by molar-refractivity contribution is 0.628. The highest BCUT2D eigenvalue weighted by Gasteiger charge is 2.32. The van der Waals surface area contributed by atoms with Gasteiger partial charge in [0.15, 0.2) is 5.65 Å². The quantitative estimate of drug-likeness (QED) is 0.367. The molecular weight excluding hydrogens is 439 g/mol. The summed E-state index contributed by atoms with van der Waals surface area (Å²) in [5, 5.41) is 4.91. The first kappa shape index (κ1) is 20.7. The van der Waals surface area contributed by atoms with Crippen molar-refractivity contribution in [2.75, 3.05) is 0 Å². The molecule has 6 nitrogen and oxygen atoms in total. The van der Waals surface area contributed by atoms with Crippen LogP contribution in [0, 0.1) is 19.7 Å². The smallest absolute Gasteiger partial charge is 0.182 e. The van der Waals surface area contributed by atoms with Crippen LogP contribution in [0.1, 0.15) is 72.8 Å². The Labute approximate surface area is 196 Å². The van der Waals surface area contributed by atoms with E-state index in [1.165, 1.54) is 24.5 Å². The van der Waals surface area contributed by atoms with Crippen molar-refractivity contribution in [3.8, 4) is 11.3 Å². The Bertz CT molecular complexity index is 1380. The highest BCUT2D eigenvalue weighted by atomic mass is 35.5. The van der Waals surface area contributed by atoms with Gasteiger partial charge in [0.05, 0.1) is 23.6 Å². The Kier molecular flexibility index (Phi) is 4.91. The number of aromatic nitrogens is 6. The van der Waals surface area contributed by atoms with E-state index in [2.05, 4.69) is 25.9 Å². The van der Waals surface area contributed by atoms with Crippen LogP contribution in [0.3, 0.4) is 0 Å². The molecule has 4 aromatic rings. The summed E-state index contributed by atoms with van der Waals surface area (Å²) in [5.41, 5.74) is 4.76. The molecule has 2 aliphatic carbocycles. The maximum Gasteiger partial charge on any atom is 0.182 e. The van der Waals surface area contributed by atoms with E-state index in [0.717, 1.165) is 30.7 Å². The fourth-order valence-electron chi connectivity index (χ4n) is 4.80. The zero-order valence-corrected chi connectivity index (χ0v) is 19.3. The highest BCUT2D eigenvalue weighted by Crippen LogP contribution is 2.44. The number of benzene rings is 1. The van der Waals surface area contributed by atoms with Crippen LogP contribution in [0.2, 0.25) is 5.02 Å². The van der Waals surface area contributed by atoms with Crippen LogP contribution in [-0.4, -0.2) is 29.7 Å². The SMILES string of the molecule is Cc1nc2nc([C@@H]3CC[C@H](c4cnn(C5CC5)c4)C3)nc(-c3ccc(Cl)cc3F)c2nc1C. The van der Waals surface area contributed by atoms with Gasteiger partial charge in [0.1, 0.15) is 22.9 Å². The second-order valence-corrected chi connectivity index (χ2v) is 9.75. The highest BCUT2D eigenvalue weighted by molar-refractivity contribution is 6.30. The molecule has 0 saturated heterocycles. The maximum absolute atomic E-state index is 14.9. The first-order valence-corrected chi connectivity index (χ1v) is 11.9. The molecule has 0 radical (unpaired) electrons. The Morgan fingerprint density at radius 1 is 0.970 bits per heavy atom. The molecule has 0 bridgehead atoms. The lowest BCUT2D eigenvalue weighted by Gasteiger charge is -2.14. The standard InChI is InChI=1S/C25H24ClFN6/c1-13-14(2)30-25-23(29-13)22(20-8-5-18(26)10-21(20)27)31-24(32-25)16-4-3-15(9-16)17-11-28-33(12-17)19-6-7-19/h5,8,10-12,15-16,19H,3-4,6-7,9H2,1-2H3/t15-,16+/m0/s1. The summed E-state index contributed by atoms with van der Waals surface area (Å²) in [5.74, 6) is 0.899. The van der Waals surface area contributed by atoms with E-state index in [0.29, 0.717) is 45.2 Å². The van der Waals surface area contributed by atoms with Gasteiger partial charge in [-0.1, -0.05) is 11.6 Å². The summed E-state index contributed by atoms with van der Waals surface area (Å²) < 4.78 is 17.0. The summed E-state index contributed by atoms with van der Waals surface area (Å²) in [6, 6.07) is 5.22. The van der Waals surface area contributed by atoms with E-state index in [1.54, 1.807) is 12.1 Å². The fraction of sp³-hybridized carbons (Fsp3) is 0.400. The molecule has 2 aliphatic rings. The van der Waals surface area contributed by atoms with Crippen LogP contribution in [0.5, 0.6) is 0 Å². The normalized spacial score (nSPS) is 20.6. The lowest BCUT2D eigenvalue weighted by atomic mass is 9.99. The number of halogens is 2. The molecule has 3 aromatic heterocycles. The predicted octanol–water partition coefficient (Wildman–Crippen LogP) is 6.08. The van der Waals surface area contributed by atoms with Crippen molar-refractivity contribution in [3.05, 3.63) is 64.2 Å². The maximum atomic E-state index is 14.9. The fourth-order valence-corrected chi connectivity index (χ4v) is 4.96. The van der Waals surface area contributed by atoms with Crippen molar-refractivity contribution in [1.82, 2.24) is 29.7 Å². The average Bonchev–Trinajstić information content (AvgIpc) is 3.31. The number of hydrogen-bond acceptors (Lipinski definition) is 5. The van der Waals surface area contributed by atoms with Gasteiger partial charge >= 0.3 is 0 Å². The van der Waals surface area contributed by atoms with Crippen molar-refractivity contribution in [2.45, 2.75) is 63.8 Å². The summed E-state index contributed by atoms with van der Waals surface area (Å²) in [4.78, 5) is 19.0. The number of hydrogen-bond donors (Lipinski definition) is 0. The lowest BCUT2D eigenvalue weighted by Crippen LogP contribution is -2.07. The van der Waals surface area contributed by atoms with E-state index in [4.69, 9.17) is 21.6 Å². The second kappa shape index (κ2) is 7.83. The molecule has 2 atom stereocenters. The molecule has 33 heavy (non-hydrogen) atoms. The van der Waals surface area contributed by atoms with E-state index in [9.17, 15) is 4.39 Å². The van der Waals surface area contributed by atoms with Crippen molar-refractivity contribution in [1.29, 1.82) is 0 Å². The van der Waals surface area contributed by atoms with Gasteiger partial charge in [-0.3, -0.25) is 4.68 Å². The molecule has 6 rings (SSSR count). The minimum absolute atomic E-state index is 0.182. The third-order valence-electron chi connectivity index (χ3n) is 6.96. The third kappa shape index (κ3) is 3.78. The Morgan fingerprint density at radius 3 is 2.55 bits per heavy atom. The van der Waals surface area contributed by atoms with Crippen molar-refractivity contribution >= 4 is 22.8 Å². The molecule has 2 fully saturated rings. The number of nitrogens with zero attached hydrogens (tertiary/aromatic N) is 6. The van der Waals surface area contributed by atoms with Crippen LogP contribution >= 0.6 is 11.6 Å². The van der Waals surface area contributed by atoms with Crippen LogP contribution in [-0.2, 0) is 0 Å². The van der Waals surface area contributed by atoms with Crippen LogP contribution in [0.15, 0.2) is 30.6 Å². The van der Waals surface area contributed by atoms with Crippen molar-refractivity contribution in [3.63, 3.8) is 0 Å². The van der Waals surface area contributed by atoms with Gasteiger partial charge in [0, 0.05) is 22.7 Å². The van der Waals surface area contributed by atoms with Gasteiger partial charge in [-0.15, -0.1) is 0 Å². The summed E-state index contributed by atoms with van der Waals surface area (Å²) in [6.45, 7) is 3.80. The van der Waals surface area contributed by atoms with E-state index < -0.39 is 5.82 Å². The van der Waals surface area contributed by atoms with Crippen molar-refractivity contribution in [2.24, 2.45) is 0 Å². The summed E-state index contributed by atoms with van der Waals surface area (Å²) in [6.07, 6.45) is 9.66. The molecule has 168 valence electrons.